The van der Waals surface area contributed by atoms with Crippen LogP contribution in [0.1, 0.15) is 30.9 Å². The topological polar surface area (TPSA) is 40.5 Å². The third kappa shape index (κ3) is 3.13. The van der Waals surface area contributed by atoms with Gasteiger partial charge in [-0.1, -0.05) is 50.2 Å². The molecule has 0 atom stereocenters. The average molecular weight is 318 g/mol. The van der Waals surface area contributed by atoms with Crippen molar-refractivity contribution in [2.24, 2.45) is 0 Å². The Bertz CT molecular complexity index is 778. The minimum absolute atomic E-state index is 0.273. The third-order valence-corrected chi connectivity index (χ3v) is 4.45. The van der Waals surface area contributed by atoms with Crippen molar-refractivity contribution in [3.05, 3.63) is 71.8 Å². The molecule has 2 nitrogen and oxygen atoms in total. The number of hydrogen-bond donors (Lipinski definition) is 2. The number of aromatic hydroxyl groups is 2. The van der Waals surface area contributed by atoms with Crippen molar-refractivity contribution in [1.82, 2.24) is 0 Å². The Hall–Kier alpha value is -2.74. The Labute approximate surface area is 143 Å². The third-order valence-electron chi connectivity index (χ3n) is 4.45. The minimum Gasteiger partial charge on any atom is -0.508 e. The summed E-state index contributed by atoms with van der Waals surface area (Å²) in [6.07, 6.45) is 0. The van der Waals surface area contributed by atoms with Crippen LogP contribution in [-0.4, -0.2) is 10.2 Å². The molecule has 0 heterocycles. The maximum atomic E-state index is 9.55. The van der Waals surface area contributed by atoms with Gasteiger partial charge in [-0.2, -0.15) is 0 Å². The molecule has 2 N–H and O–H groups in total. The molecule has 0 unspecified atom stereocenters. The van der Waals surface area contributed by atoms with Crippen LogP contribution in [0.15, 0.2) is 60.7 Å². The van der Waals surface area contributed by atoms with Gasteiger partial charge in [-0.25, -0.2) is 0 Å². The molecule has 0 radical (unpaired) electrons. The van der Waals surface area contributed by atoms with E-state index in [0.29, 0.717) is 5.92 Å². The van der Waals surface area contributed by atoms with Gasteiger partial charge in [0.2, 0.25) is 0 Å². The molecule has 2 heteroatoms. The maximum absolute atomic E-state index is 9.55. The van der Waals surface area contributed by atoms with Crippen molar-refractivity contribution < 1.29 is 10.2 Å². The first kappa shape index (κ1) is 16.1. The number of rotatable bonds is 3. The zero-order valence-electron chi connectivity index (χ0n) is 14.2. The second-order valence-electron chi connectivity index (χ2n) is 6.49. The van der Waals surface area contributed by atoms with E-state index in [0.717, 1.165) is 11.1 Å². The zero-order valence-corrected chi connectivity index (χ0v) is 14.2. The standard InChI is InChI=1S/C22H22O2/c1-14(2)18-12-21(16-4-8-19(23)9-5-16)15(3)22(13-18)17-6-10-20(24)11-7-17/h4-14,23-24H,1-3H3. The van der Waals surface area contributed by atoms with Crippen molar-refractivity contribution >= 4 is 0 Å². The van der Waals surface area contributed by atoms with Crippen LogP contribution in [0.4, 0.5) is 0 Å². The van der Waals surface area contributed by atoms with Crippen LogP contribution in [0.3, 0.4) is 0 Å². The van der Waals surface area contributed by atoms with Gasteiger partial charge in [0.15, 0.2) is 0 Å². The normalized spacial score (nSPS) is 11.0. The summed E-state index contributed by atoms with van der Waals surface area (Å²) < 4.78 is 0. The SMILES string of the molecule is Cc1c(-c2ccc(O)cc2)cc(C(C)C)cc1-c1ccc(O)cc1. The van der Waals surface area contributed by atoms with E-state index in [1.54, 1.807) is 24.3 Å². The Morgan fingerprint density at radius 2 is 1.04 bits per heavy atom. The highest BCUT2D eigenvalue weighted by molar-refractivity contribution is 5.79. The van der Waals surface area contributed by atoms with Crippen LogP contribution >= 0.6 is 0 Å². The summed E-state index contributed by atoms with van der Waals surface area (Å²) >= 11 is 0. The summed E-state index contributed by atoms with van der Waals surface area (Å²) in [6, 6.07) is 19.1. The fourth-order valence-corrected chi connectivity index (χ4v) is 2.95. The van der Waals surface area contributed by atoms with Crippen molar-refractivity contribution in [3.63, 3.8) is 0 Å². The summed E-state index contributed by atoms with van der Waals surface area (Å²) in [5.41, 5.74) is 6.98. The molecule has 0 aliphatic rings. The molecule has 3 aromatic rings. The molecule has 0 aliphatic heterocycles. The number of benzene rings is 3. The van der Waals surface area contributed by atoms with Gasteiger partial charge in [-0.3, -0.25) is 0 Å². The predicted molar refractivity (Wildman–Crippen MR) is 99.5 cm³/mol. The molecular weight excluding hydrogens is 296 g/mol. The van der Waals surface area contributed by atoms with E-state index < -0.39 is 0 Å². The summed E-state index contributed by atoms with van der Waals surface area (Å²) in [5, 5.41) is 19.1. The molecule has 122 valence electrons. The summed E-state index contributed by atoms with van der Waals surface area (Å²) in [5.74, 6) is 0.961. The average Bonchev–Trinajstić information content (AvgIpc) is 2.57. The van der Waals surface area contributed by atoms with Crippen LogP contribution < -0.4 is 0 Å². The van der Waals surface area contributed by atoms with Crippen molar-refractivity contribution in [3.8, 4) is 33.8 Å². The van der Waals surface area contributed by atoms with E-state index in [4.69, 9.17) is 0 Å². The number of phenolic OH excluding ortho intramolecular Hbond substituents is 2. The number of hydrogen-bond acceptors (Lipinski definition) is 2. The highest BCUT2D eigenvalue weighted by Crippen LogP contribution is 2.36. The van der Waals surface area contributed by atoms with Gasteiger partial charge < -0.3 is 10.2 Å². The lowest BCUT2D eigenvalue weighted by Crippen LogP contribution is -1.95. The van der Waals surface area contributed by atoms with Gasteiger partial charge in [0.05, 0.1) is 0 Å². The summed E-state index contributed by atoms with van der Waals surface area (Å²) in [4.78, 5) is 0. The van der Waals surface area contributed by atoms with E-state index in [1.807, 2.05) is 24.3 Å². The molecule has 0 aromatic heterocycles. The highest BCUT2D eigenvalue weighted by atomic mass is 16.3. The van der Waals surface area contributed by atoms with Crippen LogP contribution in [0, 0.1) is 6.92 Å². The Balaban J connectivity index is 2.22. The lowest BCUT2D eigenvalue weighted by Gasteiger charge is -2.17. The molecule has 0 aliphatic carbocycles. The minimum atomic E-state index is 0.273. The molecule has 0 fully saturated rings. The first-order chi connectivity index (χ1) is 11.5. The fraction of sp³-hybridized carbons (Fsp3) is 0.182. The van der Waals surface area contributed by atoms with E-state index in [1.165, 1.54) is 22.3 Å². The van der Waals surface area contributed by atoms with E-state index >= 15 is 0 Å². The molecular formula is C22H22O2. The van der Waals surface area contributed by atoms with Gasteiger partial charge in [-0.15, -0.1) is 0 Å². The fourth-order valence-electron chi connectivity index (χ4n) is 2.95. The molecule has 24 heavy (non-hydrogen) atoms. The first-order valence-corrected chi connectivity index (χ1v) is 8.19. The summed E-state index contributed by atoms with van der Waals surface area (Å²) in [7, 11) is 0. The van der Waals surface area contributed by atoms with Crippen molar-refractivity contribution in [1.29, 1.82) is 0 Å². The molecule has 3 rings (SSSR count). The van der Waals surface area contributed by atoms with Gasteiger partial charge in [0.25, 0.3) is 0 Å². The molecule has 0 spiro atoms. The van der Waals surface area contributed by atoms with Gasteiger partial charge in [-0.05, 0) is 70.5 Å². The lowest BCUT2D eigenvalue weighted by atomic mass is 9.87. The largest absolute Gasteiger partial charge is 0.508 e. The van der Waals surface area contributed by atoms with Crippen LogP contribution in [0.5, 0.6) is 11.5 Å². The quantitative estimate of drug-likeness (QED) is 0.634. The molecule has 0 saturated carbocycles. The van der Waals surface area contributed by atoms with Gasteiger partial charge >= 0.3 is 0 Å². The van der Waals surface area contributed by atoms with Crippen LogP contribution in [0.25, 0.3) is 22.3 Å². The first-order valence-electron chi connectivity index (χ1n) is 8.19. The molecule has 0 amide bonds. The van der Waals surface area contributed by atoms with E-state index in [2.05, 4.69) is 32.9 Å². The molecule has 3 aromatic carbocycles. The van der Waals surface area contributed by atoms with Crippen molar-refractivity contribution in [2.45, 2.75) is 26.7 Å². The van der Waals surface area contributed by atoms with Crippen LogP contribution in [0.2, 0.25) is 0 Å². The highest BCUT2D eigenvalue weighted by Gasteiger charge is 2.13. The molecule has 0 saturated heterocycles. The molecule has 0 bridgehead atoms. The predicted octanol–water partition coefficient (Wildman–Crippen LogP) is 5.86. The number of phenols is 2. The van der Waals surface area contributed by atoms with Crippen LogP contribution in [-0.2, 0) is 0 Å². The van der Waals surface area contributed by atoms with Crippen molar-refractivity contribution in [2.75, 3.05) is 0 Å². The summed E-state index contributed by atoms with van der Waals surface area (Å²) in [6.45, 7) is 6.49. The zero-order chi connectivity index (χ0) is 17.3. The Morgan fingerprint density at radius 1 is 0.667 bits per heavy atom. The van der Waals surface area contributed by atoms with Gasteiger partial charge in [0.1, 0.15) is 11.5 Å². The maximum Gasteiger partial charge on any atom is 0.115 e. The second-order valence-corrected chi connectivity index (χ2v) is 6.49. The monoisotopic (exact) mass is 318 g/mol. The smallest absolute Gasteiger partial charge is 0.115 e. The van der Waals surface area contributed by atoms with Gasteiger partial charge in [0, 0.05) is 0 Å². The Kier molecular flexibility index (Phi) is 4.30. The second kappa shape index (κ2) is 6.40. The lowest BCUT2D eigenvalue weighted by molar-refractivity contribution is 0.475. The van der Waals surface area contributed by atoms with E-state index in [9.17, 15) is 10.2 Å². The van der Waals surface area contributed by atoms with E-state index in [-0.39, 0.29) is 11.5 Å². The Morgan fingerprint density at radius 3 is 1.38 bits per heavy atom.